The molecular formula is C34H36FN5O4. The Kier molecular flexibility index (Phi) is 7.93. The van der Waals surface area contributed by atoms with Crippen LogP contribution in [-0.4, -0.2) is 65.3 Å². The molecule has 44 heavy (non-hydrogen) atoms. The lowest BCUT2D eigenvalue weighted by molar-refractivity contribution is -0.146. The van der Waals surface area contributed by atoms with E-state index in [0.717, 1.165) is 11.6 Å². The average molecular weight is 598 g/mol. The molecule has 2 aliphatic rings. The van der Waals surface area contributed by atoms with Crippen LogP contribution >= 0.6 is 0 Å². The molecule has 2 aliphatic heterocycles. The van der Waals surface area contributed by atoms with E-state index in [2.05, 4.69) is 15.5 Å². The smallest absolute Gasteiger partial charge is 0.302 e. The first-order valence-corrected chi connectivity index (χ1v) is 14.6. The predicted molar refractivity (Wildman–Crippen MR) is 165 cm³/mol. The highest BCUT2D eigenvalue weighted by molar-refractivity contribution is 6.09. The number of rotatable bonds is 6. The minimum absolute atomic E-state index is 0.0172. The topological polar surface area (TPSA) is 103 Å². The van der Waals surface area contributed by atoms with Gasteiger partial charge >= 0.3 is 6.17 Å². The number of nitrogens with one attached hydrogen (secondary N) is 2. The number of hydrogen-bond donors (Lipinski definition) is 2. The second kappa shape index (κ2) is 11.4. The third-order valence-electron chi connectivity index (χ3n) is 8.58. The number of fused-ring (bicyclic) bond motifs is 3. The molecule has 5 rings (SSSR count). The van der Waals surface area contributed by atoms with E-state index in [1.165, 1.54) is 29.8 Å². The molecule has 1 saturated heterocycles. The standard InChI is InChI=1S/C34H36FN5O4/c1-20(37-29(41)24-16-22(35)15-21-11-7-8-12-23(21)24)30(42)39(6)27(17-33(2,3)4)31(43)40-19-34(18-28(40)36-5)25-13-9-10-14-26(25)38-32(34)44/h7-16,20,27-28H,17-19H2,1-4,6H3,(H,37,41)(H,38,44)/t20-,27-,28-,34-/m0/s1. The van der Waals surface area contributed by atoms with Crippen molar-refractivity contribution in [1.29, 1.82) is 0 Å². The number of hydrogen-bond acceptors (Lipinski definition) is 4. The second-order valence-corrected chi connectivity index (χ2v) is 13.0. The highest BCUT2D eigenvalue weighted by Crippen LogP contribution is 2.47. The van der Waals surface area contributed by atoms with Crippen LogP contribution in [0.4, 0.5) is 10.1 Å². The van der Waals surface area contributed by atoms with Crippen molar-refractivity contribution in [3.63, 3.8) is 0 Å². The van der Waals surface area contributed by atoms with Crippen molar-refractivity contribution in [2.24, 2.45) is 5.41 Å². The van der Waals surface area contributed by atoms with E-state index >= 15 is 0 Å². The number of likely N-dealkylation sites (N-methyl/N-ethyl adjacent to an activating group) is 1. The van der Waals surface area contributed by atoms with Crippen LogP contribution in [0.3, 0.4) is 0 Å². The summed E-state index contributed by atoms with van der Waals surface area (Å²) in [6.07, 6.45) is -0.456. The number of halogens is 1. The molecule has 228 valence electrons. The number of anilines is 1. The van der Waals surface area contributed by atoms with E-state index in [1.54, 1.807) is 30.3 Å². The lowest BCUT2D eigenvalue weighted by Gasteiger charge is -2.36. The summed E-state index contributed by atoms with van der Waals surface area (Å²) >= 11 is 0. The molecule has 3 aromatic rings. The molecule has 0 aliphatic carbocycles. The molecule has 10 heteroatoms. The number of carbonyl (C=O) groups is 4. The molecule has 0 aromatic heterocycles. The van der Waals surface area contributed by atoms with Gasteiger partial charge in [0, 0.05) is 19.3 Å². The summed E-state index contributed by atoms with van der Waals surface area (Å²) in [5.41, 5.74) is 0.0921. The van der Waals surface area contributed by atoms with Gasteiger partial charge in [0.15, 0.2) is 0 Å². The van der Waals surface area contributed by atoms with Gasteiger partial charge in [-0.15, -0.1) is 0 Å². The highest BCUT2D eigenvalue weighted by atomic mass is 19.1. The van der Waals surface area contributed by atoms with Crippen molar-refractivity contribution in [3.05, 3.63) is 89.0 Å². The van der Waals surface area contributed by atoms with Crippen LogP contribution in [0.25, 0.3) is 15.6 Å². The van der Waals surface area contributed by atoms with E-state index in [4.69, 9.17) is 6.57 Å². The number of benzene rings is 3. The number of likely N-dealkylation sites (tertiary alicyclic amines) is 1. The minimum atomic E-state index is -1.05. The number of nitrogens with zero attached hydrogens (tertiary/aromatic N) is 3. The summed E-state index contributed by atoms with van der Waals surface area (Å²) < 4.78 is 14.3. The molecule has 1 fully saturated rings. The van der Waals surface area contributed by atoms with Gasteiger partial charge in [0.05, 0.1) is 12.0 Å². The fraction of sp³-hybridized carbons (Fsp3) is 0.382. The average Bonchev–Trinajstić information content (AvgIpc) is 3.51. The van der Waals surface area contributed by atoms with E-state index in [9.17, 15) is 23.6 Å². The third kappa shape index (κ3) is 5.50. The molecule has 4 atom stereocenters. The van der Waals surface area contributed by atoms with Gasteiger partial charge in [-0.2, -0.15) is 0 Å². The Morgan fingerprint density at radius 2 is 1.84 bits per heavy atom. The van der Waals surface area contributed by atoms with E-state index in [-0.39, 0.29) is 36.3 Å². The monoisotopic (exact) mass is 597 g/mol. The van der Waals surface area contributed by atoms with Gasteiger partial charge in [-0.3, -0.25) is 28.9 Å². The molecule has 9 nitrogen and oxygen atoms in total. The second-order valence-electron chi connectivity index (χ2n) is 13.0. The van der Waals surface area contributed by atoms with Crippen molar-refractivity contribution in [2.75, 3.05) is 18.9 Å². The number of carbonyl (C=O) groups excluding carboxylic acids is 4. The summed E-state index contributed by atoms with van der Waals surface area (Å²) in [7, 11) is 1.51. The molecule has 0 saturated carbocycles. The predicted octanol–water partition coefficient (Wildman–Crippen LogP) is 4.73. The lowest BCUT2D eigenvalue weighted by atomic mass is 9.80. The van der Waals surface area contributed by atoms with E-state index in [1.807, 2.05) is 39.0 Å². The molecule has 0 unspecified atom stereocenters. The zero-order chi connectivity index (χ0) is 32.0. The zero-order valence-corrected chi connectivity index (χ0v) is 25.5. The van der Waals surface area contributed by atoms with Gasteiger partial charge in [-0.05, 0) is 53.3 Å². The van der Waals surface area contributed by atoms with E-state index < -0.39 is 47.2 Å². The fourth-order valence-electron chi connectivity index (χ4n) is 6.37. The van der Waals surface area contributed by atoms with Crippen molar-refractivity contribution in [2.45, 2.75) is 64.2 Å². The lowest BCUT2D eigenvalue weighted by Crippen LogP contribution is -2.56. The number of amides is 4. The first-order valence-electron chi connectivity index (χ1n) is 14.6. The van der Waals surface area contributed by atoms with Gasteiger partial charge in [0.1, 0.15) is 23.3 Å². The molecule has 4 amide bonds. The normalized spacial score (nSPS) is 20.5. The first-order chi connectivity index (χ1) is 20.8. The Bertz CT molecular complexity index is 1710. The maximum atomic E-state index is 14.3. The summed E-state index contributed by atoms with van der Waals surface area (Å²) in [6.45, 7) is 15.3. The molecule has 1 spiro atoms. The van der Waals surface area contributed by atoms with Gasteiger partial charge < -0.3 is 15.5 Å². The van der Waals surface area contributed by atoms with Gasteiger partial charge in [-0.1, -0.05) is 63.2 Å². The Morgan fingerprint density at radius 3 is 2.55 bits per heavy atom. The van der Waals surface area contributed by atoms with Crippen LogP contribution in [0, 0.1) is 17.8 Å². The Balaban J connectivity index is 1.39. The molecule has 3 aromatic carbocycles. The summed E-state index contributed by atoms with van der Waals surface area (Å²) in [4.78, 5) is 61.0. The van der Waals surface area contributed by atoms with Crippen LogP contribution in [0.15, 0.2) is 60.7 Å². The fourth-order valence-corrected chi connectivity index (χ4v) is 6.37. The van der Waals surface area contributed by atoms with Gasteiger partial charge in [0.25, 0.3) is 11.8 Å². The maximum absolute atomic E-state index is 14.3. The maximum Gasteiger partial charge on any atom is 0.302 e. The van der Waals surface area contributed by atoms with Crippen LogP contribution in [-0.2, 0) is 19.8 Å². The summed E-state index contributed by atoms with van der Waals surface area (Å²) in [6, 6.07) is 14.7. The zero-order valence-electron chi connectivity index (χ0n) is 25.5. The first kappa shape index (κ1) is 30.7. The van der Waals surface area contributed by atoms with Crippen LogP contribution in [0.2, 0.25) is 0 Å². The van der Waals surface area contributed by atoms with Crippen LogP contribution < -0.4 is 10.6 Å². The molecule has 0 bridgehead atoms. The third-order valence-corrected chi connectivity index (χ3v) is 8.58. The van der Waals surface area contributed by atoms with Crippen molar-refractivity contribution >= 4 is 40.1 Å². The Labute approximate surface area is 256 Å². The highest BCUT2D eigenvalue weighted by Gasteiger charge is 2.59. The molecule has 0 radical (unpaired) electrons. The Hall–Kier alpha value is -4.78. The number of para-hydroxylation sites is 1. The molecule has 2 heterocycles. The quantitative estimate of drug-likeness (QED) is 0.401. The van der Waals surface area contributed by atoms with Crippen LogP contribution in [0.1, 0.15) is 56.5 Å². The van der Waals surface area contributed by atoms with Crippen LogP contribution in [0.5, 0.6) is 0 Å². The Morgan fingerprint density at radius 1 is 1.16 bits per heavy atom. The SMILES string of the molecule is [C-]#[N+][C@@H]1C[C@@]2(CN1C(=O)[C@H](CC(C)(C)C)N(C)C(=O)[C@H](C)NC(=O)c1cc(F)cc3ccccc13)C(=O)Nc1ccccc12. The molecular weight excluding hydrogens is 561 g/mol. The van der Waals surface area contributed by atoms with Crippen molar-refractivity contribution in [1.82, 2.24) is 15.1 Å². The van der Waals surface area contributed by atoms with E-state index in [0.29, 0.717) is 16.5 Å². The summed E-state index contributed by atoms with van der Waals surface area (Å²) in [5, 5.41) is 6.67. The van der Waals surface area contributed by atoms with Gasteiger partial charge in [-0.25, -0.2) is 11.0 Å². The molecule has 2 N–H and O–H groups in total. The van der Waals surface area contributed by atoms with Crippen molar-refractivity contribution in [3.8, 4) is 0 Å². The van der Waals surface area contributed by atoms with Gasteiger partial charge in [0.2, 0.25) is 11.8 Å². The minimum Gasteiger partial charge on any atom is -0.340 e. The largest absolute Gasteiger partial charge is 0.340 e. The summed E-state index contributed by atoms with van der Waals surface area (Å²) in [5.74, 6) is -2.38. The van der Waals surface area contributed by atoms with Crippen molar-refractivity contribution < 1.29 is 23.6 Å².